The van der Waals surface area contributed by atoms with E-state index in [0.29, 0.717) is 6.54 Å². The summed E-state index contributed by atoms with van der Waals surface area (Å²) in [6, 6.07) is 0. The first-order valence-electron chi connectivity index (χ1n) is 10.8. The van der Waals surface area contributed by atoms with E-state index in [1.54, 1.807) is 20.8 Å². The van der Waals surface area contributed by atoms with Crippen molar-refractivity contribution in [1.82, 2.24) is 0 Å². The van der Waals surface area contributed by atoms with Gasteiger partial charge in [-0.05, 0) is 19.3 Å². The van der Waals surface area contributed by atoms with E-state index in [1.807, 2.05) is 0 Å². The van der Waals surface area contributed by atoms with Crippen LogP contribution in [-0.4, -0.2) is 63.0 Å². The summed E-state index contributed by atoms with van der Waals surface area (Å²) in [5.74, 6) is -3.72. The first kappa shape index (κ1) is 29.6. The van der Waals surface area contributed by atoms with Gasteiger partial charge in [0.1, 0.15) is 6.42 Å². The summed E-state index contributed by atoms with van der Waals surface area (Å²) in [7, 11) is 0. The van der Waals surface area contributed by atoms with Crippen LogP contribution in [0.25, 0.3) is 0 Å². The molecule has 168 valence electrons. The van der Waals surface area contributed by atoms with Crippen molar-refractivity contribution in [2.75, 3.05) is 26.2 Å². The SMILES string of the molecule is CCC[N+](CCC)(CCC)CCC(OC(=O)CC)(OC(=O)CC)OC(=O)CC.[B-]. The topological polar surface area (TPSA) is 78.9 Å². The lowest BCUT2D eigenvalue weighted by atomic mass is 10.2. The Morgan fingerprint density at radius 2 is 0.931 bits per heavy atom. The van der Waals surface area contributed by atoms with Crippen molar-refractivity contribution in [2.45, 2.75) is 92.5 Å². The van der Waals surface area contributed by atoms with E-state index in [1.165, 1.54) is 0 Å². The van der Waals surface area contributed by atoms with Gasteiger partial charge < -0.3 is 27.1 Å². The molecule has 0 aliphatic heterocycles. The molecule has 0 heterocycles. The normalized spacial score (nSPS) is 11.4. The van der Waals surface area contributed by atoms with Gasteiger partial charge in [-0.1, -0.05) is 41.5 Å². The number of rotatable bonds is 15. The molecule has 0 saturated heterocycles. The number of esters is 3. The predicted octanol–water partition coefficient (Wildman–Crippen LogP) is 3.56. The highest BCUT2D eigenvalue weighted by atomic mass is 16.9. The third-order valence-electron chi connectivity index (χ3n) is 4.66. The highest BCUT2D eigenvalue weighted by Crippen LogP contribution is 2.26. The van der Waals surface area contributed by atoms with Gasteiger partial charge in [0.2, 0.25) is 0 Å². The maximum absolute atomic E-state index is 12.1. The Bertz CT molecular complexity index is 435. The van der Waals surface area contributed by atoms with Crippen LogP contribution in [0, 0.1) is 0 Å². The van der Waals surface area contributed by atoms with Crippen molar-refractivity contribution in [1.29, 1.82) is 0 Å². The van der Waals surface area contributed by atoms with E-state index in [-0.39, 0.29) is 34.1 Å². The molecular formula is C21H40BNO6. The lowest BCUT2D eigenvalue weighted by Gasteiger charge is -2.41. The molecule has 0 fully saturated rings. The largest absolute Gasteiger partial charge is 1.00 e. The molecule has 0 rings (SSSR count). The van der Waals surface area contributed by atoms with Crippen LogP contribution >= 0.6 is 0 Å². The van der Waals surface area contributed by atoms with Crippen molar-refractivity contribution >= 4 is 26.3 Å². The zero-order valence-corrected chi connectivity index (χ0v) is 19.3. The molecule has 0 aliphatic carbocycles. The van der Waals surface area contributed by atoms with Crippen molar-refractivity contribution in [3.8, 4) is 0 Å². The molecule has 0 bridgehead atoms. The van der Waals surface area contributed by atoms with Gasteiger partial charge in [0.05, 0.1) is 26.2 Å². The van der Waals surface area contributed by atoms with Crippen molar-refractivity contribution in [3.63, 3.8) is 0 Å². The van der Waals surface area contributed by atoms with E-state index in [9.17, 15) is 14.4 Å². The van der Waals surface area contributed by atoms with E-state index in [4.69, 9.17) is 14.2 Å². The van der Waals surface area contributed by atoms with Gasteiger partial charge in [-0.3, -0.25) is 14.4 Å². The average Bonchev–Trinajstić information content (AvgIpc) is 2.66. The fraction of sp³-hybridized carbons (Fsp3) is 0.857. The van der Waals surface area contributed by atoms with Crippen LogP contribution in [0.15, 0.2) is 0 Å². The fourth-order valence-corrected chi connectivity index (χ4v) is 3.42. The molecule has 0 N–H and O–H groups in total. The molecule has 7 nitrogen and oxygen atoms in total. The number of quaternary nitrogens is 1. The Labute approximate surface area is 178 Å². The first-order valence-corrected chi connectivity index (χ1v) is 10.8. The quantitative estimate of drug-likeness (QED) is 0.177. The predicted molar refractivity (Wildman–Crippen MR) is 113 cm³/mol. The number of carbonyl (C=O) groups excluding carboxylic acids is 3. The van der Waals surface area contributed by atoms with Crippen LogP contribution in [0.5, 0.6) is 0 Å². The number of ether oxygens (including phenoxy) is 3. The molecule has 0 saturated carbocycles. The molecule has 0 aromatic carbocycles. The molecule has 0 atom stereocenters. The van der Waals surface area contributed by atoms with E-state index < -0.39 is 23.9 Å². The monoisotopic (exact) mass is 413 g/mol. The Balaban J connectivity index is 0. The second kappa shape index (κ2) is 15.3. The minimum Gasteiger partial charge on any atom is -1.00 e. The minimum absolute atomic E-state index is 0. The van der Waals surface area contributed by atoms with Crippen molar-refractivity contribution in [3.05, 3.63) is 0 Å². The summed E-state index contributed by atoms with van der Waals surface area (Å²) < 4.78 is 17.1. The molecule has 8 heteroatoms. The van der Waals surface area contributed by atoms with Gasteiger partial charge in [-0.2, -0.15) is 0 Å². The van der Waals surface area contributed by atoms with Crippen molar-refractivity contribution < 1.29 is 33.1 Å². The maximum atomic E-state index is 12.1. The zero-order chi connectivity index (χ0) is 21.6. The van der Waals surface area contributed by atoms with E-state index in [2.05, 4.69) is 20.8 Å². The van der Waals surface area contributed by atoms with Crippen LogP contribution < -0.4 is 0 Å². The molecule has 0 aromatic rings. The van der Waals surface area contributed by atoms with Crippen molar-refractivity contribution in [2.24, 2.45) is 0 Å². The fourth-order valence-electron chi connectivity index (χ4n) is 3.42. The molecule has 0 aromatic heterocycles. The Morgan fingerprint density at radius 3 is 1.17 bits per heavy atom. The van der Waals surface area contributed by atoms with Gasteiger partial charge in [0.15, 0.2) is 0 Å². The molecule has 29 heavy (non-hydrogen) atoms. The number of hydrogen-bond donors (Lipinski definition) is 0. The van der Waals surface area contributed by atoms with Gasteiger partial charge in [0, 0.05) is 19.3 Å². The standard InChI is InChI=1S/C21H40NO6.B/c1-7-14-22(15-8-2,16-9-3)17-13-21(26-18(23)10-4,27-19(24)11-5)28-20(25)12-6;/h7-17H2,1-6H3;/q+1;-1. The Morgan fingerprint density at radius 1 is 0.621 bits per heavy atom. The highest BCUT2D eigenvalue weighted by molar-refractivity contribution is 5.75. The molecule has 0 amide bonds. The van der Waals surface area contributed by atoms with Crippen LogP contribution in [0.2, 0.25) is 0 Å². The van der Waals surface area contributed by atoms with Gasteiger partial charge in [0.25, 0.3) is 0 Å². The van der Waals surface area contributed by atoms with Crippen LogP contribution in [0.1, 0.15) is 86.5 Å². The molecular weight excluding hydrogens is 373 g/mol. The number of carbonyl (C=O) groups is 3. The number of hydrogen-bond acceptors (Lipinski definition) is 6. The number of nitrogens with zero attached hydrogens (tertiary/aromatic N) is 1. The third kappa shape index (κ3) is 10.7. The summed E-state index contributed by atoms with van der Waals surface area (Å²) in [6.45, 7) is 14.8. The molecule has 0 spiro atoms. The molecule has 0 unspecified atom stereocenters. The second-order valence-corrected chi connectivity index (χ2v) is 7.15. The summed E-state index contributed by atoms with van der Waals surface area (Å²) in [5, 5.41) is 0. The first-order chi connectivity index (χ1) is 13.3. The lowest BCUT2D eigenvalue weighted by molar-refractivity contribution is -0.929. The maximum Gasteiger partial charge on any atom is 0.429 e. The summed E-state index contributed by atoms with van der Waals surface area (Å²) >= 11 is 0. The molecule has 4 radical (unpaired) electrons. The summed E-state index contributed by atoms with van der Waals surface area (Å²) in [5.41, 5.74) is 0. The highest BCUT2D eigenvalue weighted by Gasteiger charge is 2.45. The van der Waals surface area contributed by atoms with Crippen LogP contribution in [-0.2, 0) is 28.6 Å². The van der Waals surface area contributed by atoms with Gasteiger partial charge in [-0.15, -0.1) is 0 Å². The molecule has 0 aliphatic rings. The van der Waals surface area contributed by atoms with E-state index in [0.717, 1.165) is 43.4 Å². The second-order valence-electron chi connectivity index (χ2n) is 7.15. The average molecular weight is 413 g/mol. The summed E-state index contributed by atoms with van der Waals surface area (Å²) in [4.78, 5) is 36.2. The third-order valence-corrected chi connectivity index (χ3v) is 4.66. The Kier molecular flexibility index (Phi) is 15.6. The Hall–Kier alpha value is -1.57. The smallest absolute Gasteiger partial charge is 0.429 e. The van der Waals surface area contributed by atoms with Gasteiger partial charge in [-0.25, -0.2) is 0 Å². The minimum atomic E-state index is -1.99. The van der Waals surface area contributed by atoms with Gasteiger partial charge >= 0.3 is 23.9 Å². The zero-order valence-electron chi connectivity index (χ0n) is 19.3. The summed E-state index contributed by atoms with van der Waals surface area (Å²) in [6.07, 6.45) is 3.41. The van der Waals surface area contributed by atoms with Crippen LogP contribution in [0.4, 0.5) is 0 Å². The van der Waals surface area contributed by atoms with E-state index >= 15 is 0 Å². The lowest BCUT2D eigenvalue weighted by Crippen LogP contribution is -2.54. The van der Waals surface area contributed by atoms with Crippen LogP contribution in [0.3, 0.4) is 0 Å².